The van der Waals surface area contributed by atoms with E-state index in [1.165, 1.54) is 43.2 Å². The van der Waals surface area contributed by atoms with Crippen LogP contribution in [0.15, 0.2) is 42.5 Å². The van der Waals surface area contributed by atoms with Gasteiger partial charge in [-0.25, -0.2) is 4.39 Å². The molecule has 0 heterocycles. The highest BCUT2D eigenvalue weighted by Crippen LogP contribution is 2.27. The molecular formula is C18H18ClFN2O3. The van der Waals surface area contributed by atoms with E-state index >= 15 is 0 Å². The van der Waals surface area contributed by atoms with Crippen LogP contribution < -0.4 is 15.0 Å². The average Bonchev–Trinajstić information content (AvgIpc) is 2.56. The summed E-state index contributed by atoms with van der Waals surface area (Å²) in [5.41, 5.74) is 0.984. The number of anilines is 2. The summed E-state index contributed by atoms with van der Waals surface area (Å²) in [4.78, 5) is 25.4. The predicted octanol–water partition coefficient (Wildman–Crippen LogP) is 3.87. The highest BCUT2D eigenvalue weighted by Gasteiger charge is 2.15. The second-order valence-electron chi connectivity index (χ2n) is 5.29. The molecule has 0 spiro atoms. The quantitative estimate of drug-likeness (QED) is 0.846. The van der Waals surface area contributed by atoms with Crippen LogP contribution in [0.3, 0.4) is 0 Å². The summed E-state index contributed by atoms with van der Waals surface area (Å²) in [6, 6.07) is 10.4. The molecule has 0 aliphatic rings. The van der Waals surface area contributed by atoms with Gasteiger partial charge in [0.2, 0.25) is 11.8 Å². The van der Waals surface area contributed by atoms with Crippen LogP contribution in [0.4, 0.5) is 15.8 Å². The smallest absolute Gasteiger partial charge is 0.226 e. The molecule has 0 atom stereocenters. The molecule has 2 aromatic rings. The number of amides is 2. The van der Waals surface area contributed by atoms with Gasteiger partial charge < -0.3 is 15.0 Å². The van der Waals surface area contributed by atoms with Gasteiger partial charge in [0.05, 0.1) is 12.8 Å². The van der Waals surface area contributed by atoms with Gasteiger partial charge >= 0.3 is 0 Å². The first-order chi connectivity index (χ1) is 11.9. The van der Waals surface area contributed by atoms with Crippen LogP contribution in [0.2, 0.25) is 5.02 Å². The van der Waals surface area contributed by atoms with Crippen LogP contribution in [0.25, 0.3) is 0 Å². The maximum absolute atomic E-state index is 13.0. The van der Waals surface area contributed by atoms with Crippen molar-refractivity contribution in [2.45, 2.75) is 13.3 Å². The van der Waals surface area contributed by atoms with Crippen LogP contribution in [0, 0.1) is 5.82 Å². The molecule has 2 amide bonds. The van der Waals surface area contributed by atoms with Crippen LogP contribution in [-0.2, 0) is 9.59 Å². The van der Waals surface area contributed by atoms with Gasteiger partial charge in [-0.1, -0.05) is 11.6 Å². The normalized spacial score (nSPS) is 10.2. The Morgan fingerprint density at radius 2 is 1.88 bits per heavy atom. The lowest BCUT2D eigenvalue weighted by molar-refractivity contribution is -0.117. The minimum absolute atomic E-state index is 0.0621. The van der Waals surface area contributed by atoms with E-state index in [9.17, 15) is 14.0 Å². The number of hydrogen-bond acceptors (Lipinski definition) is 3. The van der Waals surface area contributed by atoms with Crippen molar-refractivity contribution in [1.82, 2.24) is 0 Å². The van der Waals surface area contributed by atoms with Gasteiger partial charge in [0.15, 0.2) is 0 Å². The molecule has 0 unspecified atom stereocenters. The molecule has 132 valence electrons. The number of rotatable bonds is 6. The van der Waals surface area contributed by atoms with Crippen molar-refractivity contribution in [1.29, 1.82) is 0 Å². The van der Waals surface area contributed by atoms with Gasteiger partial charge in [0.1, 0.15) is 11.6 Å². The van der Waals surface area contributed by atoms with Gasteiger partial charge in [-0.2, -0.15) is 0 Å². The van der Waals surface area contributed by atoms with Gasteiger partial charge in [-0.05, 0) is 42.5 Å². The van der Waals surface area contributed by atoms with Crippen LogP contribution in [0.1, 0.15) is 13.3 Å². The summed E-state index contributed by atoms with van der Waals surface area (Å²) in [5.74, 6) is -0.438. The van der Waals surface area contributed by atoms with Crippen molar-refractivity contribution >= 4 is 34.8 Å². The van der Waals surface area contributed by atoms with E-state index < -0.39 is 5.82 Å². The minimum atomic E-state index is -0.391. The third-order valence-electron chi connectivity index (χ3n) is 3.52. The Kier molecular flexibility index (Phi) is 6.36. The molecule has 5 nitrogen and oxygen atoms in total. The summed E-state index contributed by atoms with van der Waals surface area (Å²) in [7, 11) is 1.49. The van der Waals surface area contributed by atoms with E-state index in [4.69, 9.17) is 16.3 Å². The molecule has 0 aromatic heterocycles. The number of ether oxygens (including phenoxy) is 1. The zero-order chi connectivity index (χ0) is 18.4. The number of halogens is 2. The van der Waals surface area contributed by atoms with E-state index in [0.29, 0.717) is 22.1 Å². The van der Waals surface area contributed by atoms with E-state index in [2.05, 4.69) is 5.32 Å². The summed E-state index contributed by atoms with van der Waals surface area (Å²) in [6.45, 7) is 1.55. The monoisotopic (exact) mass is 364 g/mol. The molecule has 0 aliphatic carbocycles. The second-order valence-corrected chi connectivity index (χ2v) is 5.73. The minimum Gasteiger partial charge on any atom is -0.495 e. The third kappa shape index (κ3) is 5.19. The largest absolute Gasteiger partial charge is 0.495 e. The molecule has 0 fully saturated rings. The summed E-state index contributed by atoms with van der Waals surface area (Å²) >= 11 is 5.93. The lowest BCUT2D eigenvalue weighted by Gasteiger charge is -2.21. The standard InChI is InChI=1S/C18H18ClFN2O3/c1-12(23)22(15-6-4-14(20)5-7-15)10-9-18(24)21-16-11-13(19)3-8-17(16)25-2/h3-8,11H,9-10H2,1-2H3,(H,21,24). The molecule has 0 aliphatic heterocycles. The number of methoxy groups -OCH3 is 1. The fraction of sp³-hybridized carbons (Fsp3) is 0.222. The number of carbonyl (C=O) groups excluding carboxylic acids is 2. The Bertz CT molecular complexity index is 765. The lowest BCUT2D eigenvalue weighted by atomic mass is 10.2. The summed E-state index contributed by atoms with van der Waals surface area (Å²) < 4.78 is 18.2. The summed E-state index contributed by atoms with van der Waals surface area (Å²) in [6.07, 6.45) is 0.0621. The molecule has 0 bridgehead atoms. The summed E-state index contributed by atoms with van der Waals surface area (Å²) in [5, 5.41) is 3.18. The molecule has 0 saturated carbocycles. The predicted molar refractivity (Wildman–Crippen MR) is 95.7 cm³/mol. The van der Waals surface area contributed by atoms with Crippen LogP contribution in [-0.4, -0.2) is 25.5 Å². The fourth-order valence-electron chi connectivity index (χ4n) is 2.29. The topological polar surface area (TPSA) is 58.6 Å². The Labute approximate surface area is 150 Å². The highest BCUT2D eigenvalue weighted by atomic mass is 35.5. The van der Waals surface area contributed by atoms with E-state index in [1.54, 1.807) is 18.2 Å². The maximum Gasteiger partial charge on any atom is 0.226 e. The van der Waals surface area contributed by atoms with E-state index in [-0.39, 0.29) is 24.8 Å². The van der Waals surface area contributed by atoms with Crippen molar-refractivity contribution in [3.05, 3.63) is 53.3 Å². The maximum atomic E-state index is 13.0. The first kappa shape index (κ1) is 18.7. The van der Waals surface area contributed by atoms with Crippen molar-refractivity contribution in [2.75, 3.05) is 23.9 Å². The lowest BCUT2D eigenvalue weighted by Crippen LogP contribution is -2.32. The van der Waals surface area contributed by atoms with E-state index in [0.717, 1.165) is 0 Å². The third-order valence-corrected chi connectivity index (χ3v) is 3.75. The van der Waals surface area contributed by atoms with Crippen molar-refractivity contribution in [3.63, 3.8) is 0 Å². The molecule has 25 heavy (non-hydrogen) atoms. The molecule has 7 heteroatoms. The van der Waals surface area contributed by atoms with Crippen molar-refractivity contribution < 1.29 is 18.7 Å². The van der Waals surface area contributed by atoms with Crippen LogP contribution >= 0.6 is 11.6 Å². The highest BCUT2D eigenvalue weighted by molar-refractivity contribution is 6.31. The SMILES string of the molecule is COc1ccc(Cl)cc1NC(=O)CCN(C(C)=O)c1ccc(F)cc1. The zero-order valence-electron chi connectivity index (χ0n) is 13.9. The fourth-order valence-corrected chi connectivity index (χ4v) is 2.47. The molecular weight excluding hydrogens is 347 g/mol. The van der Waals surface area contributed by atoms with Gasteiger partial charge in [0.25, 0.3) is 0 Å². The zero-order valence-corrected chi connectivity index (χ0v) is 14.6. The molecule has 0 saturated heterocycles. The first-order valence-corrected chi connectivity index (χ1v) is 7.95. The van der Waals surface area contributed by atoms with Gasteiger partial charge in [-0.3, -0.25) is 9.59 Å². The number of nitrogens with zero attached hydrogens (tertiary/aromatic N) is 1. The number of benzene rings is 2. The Morgan fingerprint density at radius 1 is 1.20 bits per heavy atom. The number of hydrogen-bond donors (Lipinski definition) is 1. The van der Waals surface area contributed by atoms with Crippen molar-refractivity contribution in [2.24, 2.45) is 0 Å². The van der Waals surface area contributed by atoms with Gasteiger partial charge in [0, 0.05) is 30.6 Å². The molecule has 2 aromatic carbocycles. The van der Waals surface area contributed by atoms with E-state index in [1.807, 2.05) is 0 Å². The van der Waals surface area contributed by atoms with Gasteiger partial charge in [-0.15, -0.1) is 0 Å². The molecule has 1 N–H and O–H groups in total. The Hall–Kier alpha value is -2.60. The first-order valence-electron chi connectivity index (χ1n) is 7.57. The Morgan fingerprint density at radius 3 is 2.48 bits per heavy atom. The molecule has 2 rings (SSSR count). The average molecular weight is 365 g/mol. The molecule has 0 radical (unpaired) electrons. The Balaban J connectivity index is 2.03. The number of nitrogens with one attached hydrogen (secondary N) is 1. The van der Waals surface area contributed by atoms with Crippen LogP contribution in [0.5, 0.6) is 5.75 Å². The second kappa shape index (κ2) is 8.48. The van der Waals surface area contributed by atoms with Crippen molar-refractivity contribution in [3.8, 4) is 5.75 Å². The number of carbonyl (C=O) groups is 2.